The number of phosphoric acid groups is 1. The third kappa shape index (κ3) is 61.8. The molecule has 0 heterocycles. The molecule has 0 aromatic carbocycles. The Hall–Kier alpha value is -1.80. The number of carbonyl (C=O) groups is 1. The highest BCUT2D eigenvalue weighted by molar-refractivity contribution is 7.45. The fraction of sp³-hybridized carbons (Fsp3) is 0.841. The van der Waals surface area contributed by atoms with E-state index in [-0.39, 0.29) is 12.5 Å². The van der Waals surface area contributed by atoms with Crippen LogP contribution < -0.4 is 10.2 Å². The SMILES string of the molecule is CCCCCCCCCCC/C=C\C/C=C\CCCCCCCCCCCCCCCCCCCC(=O)NC(COP(=O)([O-])OCC[N+](C)(C)C)C(O)/C=C/CC/C=C/CC/C=C/CCCCCCCCCCCCCCC. The van der Waals surface area contributed by atoms with Gasteiger partial charge in [-0.15, -0.1) is 0 Å². The highest BCUT2D eigenvalue weighted by Crippen LogP contribution is 2.38. The second-order valence-corrected chi connectivity index (χ2v) is 25.6. The van der Waals surface area contributed by atoms with Gasteiger partial charge in [0.1, 0.15) is 13.2 Å². The van der Waals surface area contributed by atoms with Crippen LogP contribution in [0, 0.1) is 0 Å². The first-order valence-corrected chi connectivity index (χ1v) is 35.1. The number of amides is 1. The smallest absolute Gasteiger partial charge is 0.268 e. The molecule has 3 unspecified atom stereocenters. The number of allylic oxidation sites excluding steroid dienone is 9. The lowest BCUT2D eigenvalue weighted by Crippen LogP contribution is -2.45. The predicted octanol–water partition coefficient (Wildman–Crippen LogP) is 20.6. The molecule has 458 valence electrons. The molecule has 0 spiro atoms. The molecule has 0 aliphatic rings. The normalized spacial score (nSPS) is 14.1. The van der Waals surface area contributed by atoms with Crippen LogP contribution in [0.4, 0.5) is 0 Å². The topological polar surface area (TPSA) is 108 Å². The maximum absolute atomic E-state index is 13.0. The van der Waals surface area contributed by atoms with Crippen LogP contribution >= 0.6 is 7.82 Å². The van der Waals surface area contributed by atoms with Gasteiger partial charge in [0.05, 0.1) is 39.9 Å². The summed E-state index contributed by atoms with van der Waals surface area (Å²) in [4.78, 5) is 25.6. The van der Waals surface area contributed by atoms with Gasteiger partial charge in [0, 0.05) is 6.42 Å². The summed E-state index contributed by atoms with van der Waals surface area (Å²) < 4.78 is 23.4. The predicted molar refractivity (Wildman–Crippen MR) is 339 cm³/mol. The molecule has 0 rings (SSSR count). The Bertz CT molecular complexity index is 1450. The van der Waals surface area contributed by atoms with E-state index in [2.05, 4.69) is 67.8 Å². The number of aliphatic hydroxyl groups excluding tert-OH is 1. The molecule has 2 N–H and O–H groups in total. The van der Waals surface area contributed by atoms with Crippen LogP contribution in [0.2, 0.25) is 0 Å². The molecule has 0 saturated heterocycles. The fourth-order valence-electron chi connectivity index (χ4n) is 9.92. The highest BCUT2D eigenvalue weighted by atomic mass is 31.2. The number of rotatable bonds is 62. The minimum absolute atomic E-state index is 0.00938. The third-order valence-corrected chi connectivity index (χ3v) is 16.1. The number of hydrogen-bond donors (Lipinski definition) is 2. The van der Waals surface area contributed by atoms with Gasteiger partial charge in [-0.1, -0.05) is 299 Å². The number of nitrogens with zero attached hydrogens (tertiary/aromatic N) is 1. The van der Waals surface area contributed by atoms with Crippen molar-refractivity contribution in [2.24, 2.45) is 0 Å². The largest absolute Gasteiger partial charge is 0.756 e. The number of quaternary nitrogens is 1. The second-order valence-electron chi connectivity index (χ2n) is 24.2. The summed E-state index contributed by atoms with van der Waals surface area (Å²) in [5, 5.41) is 13.9. The van der Waals surface area contributed by atoms with Gasteiger partial charge in [-0.3, -0.25) is 9.36 Å². The number of unbranched alkanes of at least 4 members (excludes halogenated alkanes) is 41. The van der Waals surface area contributed by atoms with E-state index >= 15 is 0 Å². The van der Waals surface area contributed by atoms with Gasteiger partial charge >= 0.3 is 0 Å². The molecule has 0 aromatic heterocycles. The zero-order valence-electron chi connectivity index (χ0n) is 52.4. The number of hydrogen-bond acceptors (Lipinski definition) is 6. The molecule has 9 heteroatoms. The summed E-state index contributed by atoms with van der Waals surface area (Å²) in [7, 11) is 1.24. The molecule has 8 nitrogen and oxygen atoms in total. The Labute approximate surface area is 485 Å². The van der Waals surface area contributed by atoms with Crippen molar-refractivity contribution in [3.63, 3.8) is 0 Å². The molecular formula is C69H131N2O6P. The van der Waals surface area contributed by atoms with Gasteiger partial charge in [-0.25, -0.2) is 0 Å². The molecular weight excluding hydrogens is 984 g/mol. The van der Waals surface area contributed by atoms with Gasteiger partial charge in [0.25, 0.3) is 7.82 Å². The average Bonchev–Trinajstić information content (AvgIpc) is 3.41. The number of carbonyl (C=O) groups excluding carboxylic acids is 1. The number of phosphoric ester groups is 1. The van der Waals surface area contributed by atoms with Gasteiger partial charge < -0.3 is 28.8 Å². The van der Waals surface area contributed by atoms with Crippen molar-refractivity contribution in [3.8, 4) is 0 Å². The van der Waals surface area contributed by atoms with Gasteiger partial charge in [-0.2, -0.15) is 0 Å². The Kier molecular flexibility index (Phi) is 58.4. The van der Waals surface area contributed by atoms with Crippen LogP contribution in [-0.2, 0) is 18.4 Å². The lowest BCUT2D eigenvalue weighted by Gasteiger charge is -2.29. The van der Waals surface area contributed by atoms with Crippen LogP contribution in [0.15, 0.2) is 60.8 Å². The molecule has 0 aliphatic heterocycles. The molecule has 78 heavy (non-hydrogen) atoms. The number of nitrogens with one attached hydrogen (secondary N) is 1. The maximum atomic E-state index is 13.0. The first kappa shape index (κ1) is 76.2. The van der Waals surface area contributed by atoms with Crippen LogP contribution in [0.25, 0.3) is 0 Å². The molecule has 3 atom stereocenters. The number of aliphatic hydroxyl groups is 1. The summed E-state index contributed by atoms with van der Waals surface area (Å²) >= 11 is 0. The first-order valence-electron chi connectivity index (χ1n) is 33.7. The Morgan fingerprint density at radius 3 is 1.12 bits per heavy atom. The molecule has 1 amide bonds. The van der Waals surface area contributed by atoms with Crippen molar-refractivity contribution in [2.45, 2.75) is 334 Å². The standard InChI is InChI=1S/C69H131N2O6P/c1-6-8-10-12-14-16-18-20-22-24-26-28-30-31-32-33-34-35-36-37-38-39-41-43-45-47-49-51-53-55-57-59-61-63-69(73)70-67(66-77-78(74,75)76-65-64-71(3,4)5)68(72)62-60-58-56-54-52-50-48-46-44-42-40-29-27-25-23-21-19-17-15-13-11-9-7-2/h26,28,31-32,44,46,52,54,60,62,67-68,72H,6-25,27,29-30,33-43,45,47-51,53,55-59,61,63-66H2,1-5H3,(H-,70,73,74,75)/b28-26-,32-31-,46-44+,54-52+,62-60+. The molecule has 0 radical (unpaired) electrons. The van der Waals surface area contributed by atoms with E-state index in [1.165, 1.54) is 250 Å². The molecule has 0 bridgehead atoms. The van der Waals surface area contributed by atoms with Crippen molar-refractivity contribution in [1.82, 2.24) is 5.32 Å². The monoisotopic (exact) mass is 1110 g/mol. The van der Waals surface area contributed by atoms with E-state index in [0.717, 1.165) is 51.4 Å². The average molecular weight is 1120 g/mol. The van der Waals surface area contributed by atoms with Crippen molar-refractivity contribution in [2.75, 3.05) is 40.9 Å². The van der Waals surface area contributed by atoms with Crippen LogP contribution in [0.1, 0.15) is 322 Å². The van der Waals surface area contributed by atoms with E-state index in [1.54, 1.807) is 6.08 Å². The minimum atomic E-state index is -4.61. The molecule has 0 aromatic rings. The fourth-order valence-corrected chi connectivity index (χ4v) is 10.6. The van der Waals surface area contributed by atoms with E-state index in [9.17, 15) is 19.4 Å². The van der Waals surface area contributed by atoms with Crippen LogP contribution in [0.5, 0.6) is 0 Å². The Balaban J connectivity index is 4.11. The summed E-state index contributed by atoms with van der Waals surface area (Å²) in [6.07, 6.45) is 82.0. The van der Waals surface area contributed by atoms with E-state index < -0.39 is 26.6 Å². The lowest BCUT2D eigenvalue weighted by molar-refractivity contribution is -0.870. The maximum Gasteiger partial charge on any atom is 0.268 e. The molecule has 0 fully saturated rings. The molecule has 0 saturated carbocycles. The van der Waals surface area contributed by atoms with Crippen molar-refractivity contribution >= 4 is 13.7 Å². The highest BCUT2D eigenvalue weighted by Gasteiger charge is 2.23. The zero-order chi connectivity index (χ0) is 57.0. The van der Waals surface area contributed by atoms with Gasteiger partial charge in [0.15, 0.2) is 0 Å². The Morgan fingerprint density at radius 2 is 0.756 bits per heavy atom. The summed E-state index contributed by atoms with van der Waals surface area (Å²) in [6, 6.07) is -0.912. The van der Waals surface area contributed by atoms with E-state index in [4.69, 9.17) is 9.05 Å². The summed E-state index contributed by atoms with van der Waals surface area (Å²) in [5.41, 5.74) is 0. The lowest BCUT2D eigenvalue weighted by atomic mass is 10.0. The summed E-state index contributed by atoms with van der Waals surface area (Å²) in [6.45, 7) is 4.66. The summed E-state index contributed by atoms with van der Waals surface area (Å²) in [5.74, 6) is -0.208. The Morgan fingerprint density at radius 1 is 0.449 bits per heavy atom. The third-order valence-electron chi connectivity index (χ3n) is 15.2. The molecule has 0 aliphatic carbocycles. The van der Waals surface area contributed by atoms with E-state index in [1.807, 2.05) is 27.2 Å². The van der Waals surface area contributed by atoms with Gasteiger partial charge in [-0.05, 0) is 77.0 Å². The quantitative estimate of drug-likeness (QED) is 0.0272. The number of likely N-dealkylation sites (N-methyl/N-ethyl adjacent to an activating group) is 1. The van der Waals surface area contributed by atoms with Gasteiger partial charge in [0.2, 0.25) is 5.91 Å². The van der Waals surface area contributed by atoms with Crippen molar-refractivity contribution in [1.29, 1.82) is 0 Å². The van der Waals surface area contributed by atoms with E-state index in [0.29, 0.717) is 17.4 Å². The van der Waals surface area contributed by atoms with Crippen LogP contribution in [0.3, 0.4) is 0 Å². The minimum Gasteiger partial charge on any atom is -0.756 e. The zero-order valence-corrected chi connectivity index (χ0v) is 53.3. The first-order chi connectivity index (χ1) is 38.0. The van der Waals surface area contributed by atoms with Crippen LogP contribution in [-0.4, -0.2) is 68.5 Å². The second kappa shape index (κ2) is 59.8. The van der Waals surface area contributed by atoms with Crippen molar-refractivity contribution < 1.29 is 32.9 Å². The van der Waals surface area contributed by atoms with Crippen molar-refractivity contribution in [3.05, 3.63) is 60.8 Å².